The number of carbonyl (C=O) groups excluding carboxylic acids is 3. The quantitative estimate of drug-likeness (QED) is 0.303. The highest BCUT2D eigenvalue weighted by Gasteiger charge is 2.40. The molecule has 1 aliphatic heterocycles. The third kappa shape index (κ3) is 8.56. The smallest absolute Gasteiger partial charge is 0.369 e. The van der Waals surface area contributed by atoms with Crippen LogP contribution in [0.2, 0.25) is 0 Å². The van der Waals surface area contributed by atoms with Gasteiger partial charge in [-0.15, -0.1) is 0 Å². The van der Waals surface area contributed by atoms with E-state index in [2.05, 4.69) is 15.6 Å². The minimum absolute atomic E-state index is 0.0399. The standard InChI is InChI=1S/C29H32F6N4O3/c1-15(2)18-8-5-9-21-22(17-7-4-6-16(3)14-17)37-25(27(42)38-23(18)21)39-26(41)20(11-13-29(33,34)35)19(24(36)40)10-12-28(30,31)32/h4-9,14-15,19-20,25H,10-13H2,1-3H3,(H2,36,40)(H,38,42)(H,39,41)/t19?,20?,25-/m1/s1. The number of halogens is 6. The Morgan fingerprint density at radius 3 is 2.12 bits per heavy atom. The molecular weight excluding hydrogens is 566 g/mol. The van der Waals surface area contributed by atoms with Gasteiger partial charge >= 0.3 is 12.4 Å². The summed E-state index contributed by atoms with van der Waals surface area (Å²) in [6, 6.07) is 12.4. The average Bonchev–Trinajstić information content (AvgIpc) is 3.00. The van der Waals surface area contributed by atoms with Gasteiger partial charge in [0.25, 0.3) is 5.91 Å². The van der Waals surface area contributed by atoms with Gasteiger partial charge in [-0.25, -0.2) is 4.99 Å². The predicted octanol–water partition coefficient (Wildman–Crippen LogP) is 5.75. The number of carbonyl (C=O) groups is 3. The lowest BCUT2D eigenvalue weighted by Crippen LogP contribution is -2.48. The molecule has 0 saturated heterocycles. The Bertz CT molecular complexity index is 1350. The molecule has 0 spiro atoms. The number of amides is 3. The zero-order chi connectivity index (χ0) is 31.4. The summed E-state index contributed by atoms with van der Waals surface area (Å²) in [5, 5.41) is 5.03. The largest absolute Gasteiger partial charge is 0.389 e. The molecule has 0 bridgehead atoms. The van der Waals surface area contributed by atoms with Gasteiger partial charge in [0.2, 0.25) is 18.0 Å². The van der Waals surface area contributed by atoms with Crippen molar-refractivity contribution in [3.63, 3.8) is 0 Å². The number of benzene rings is 2. The van der Waals surface area contributed by atoms with Gasteiger partial charge < -0.3 is 16.4 Å². The predicted molar refractivity (Wildman–Crippen MR) is 145 cm³/mol. The van der Waals surface area contributed by atoms with Gasteiger partial charge in [-0.05, 0) is 37.3 Å². The molecule has 0 aliphatic carbocycles. The third-order valence-corrected chi connectivity index (χ3v) is 6.96. The SMILES string of the molecule is Cc1cccc(C2=N[C@H](NC(=O)C(CCC(F)(F)F)C(CCC(F)(F)F)C(N)=O)C(=O)Nc3c2cccc3C(C)C)c1. The van der Waals surface area contributed by atoms with E-state index in [4.69, 9.17) is 5.73 Å². The molecule has 1 aliphatic rings. The Morgan fingerprint density at radius 1 is 0.976 bits per heavy atom. The van der Waals surface area contributed by atoms with Crippen LogP contribution in [0.4, 0.5) is 32.0 Å². The number of alkyl halides is 6. The van der Waals surface area contributed by atoms with E-state index in [9.17, 15) is 40.7 Å². The fourth-order valence-corrected chi connectivity index (χ4v) is 4.89. The number of rotatable bonds is 10. The minimum Gasteiger partial charge on any atom is -0.369 e. The maximum atomic E-state index is 13.4. The number of primary amides is 1. The zero-order valence-electron chi connectivity index (χ0n) is 23.2. The number of anilines is 1. The second-order valence-corrected chi connectivity index (χ2v) is 10.6. The molecule has 0 fully saturated rings. The summed E-state index contributed by atoms with van der Waals surface area (Å²) in [6.45, 7) is 5.65. The summed E-state index contributed by atoms with van der Waals surface area (Å²) in [5.74, 6) is -7.22. The van der Waals surface area contributed by atoms with E-state index in [0.717, 1.165) is 11.1 Å². The van der Waals surface area contributed by atoms with E-state index in [-0.39, 0.29) is 5.92 Å². The molecule has 13 heteroatoms. The van der Waals surface area contributed by atoms with Crippen molar-refractivity contribution < 1.29 is 40.7 Å². The molecule has 42 heavy (non-hydrogen) atoms. The van der Waals surface area contributed by atoms with Crippen molar-refractivity contribution in [2.75, 3.05) is 5.32 Å². The fraction of sp³-hybridized carbons (Fsp3) is 0.448. The van der Waals surface area contributed by atoms with Gasteiger partial charge in [0.15, 0.2) is 0 Å². The number of nitrogens with one attached hydrogen (secondary N) is 2. The van der Waals surface area contributed by atoms with Crippen LogP contribution < -0.4 is 16.4 Å². The molecule has 2 aromatic rings. The first-order chi connectivity index (χ1) is 19.5. The summed E-state index contributed by atoms with van der Waals surface area (Å²) in [4.78, 5) is 43.4. The van der Waals surface area contributed by atoms with E-state index in [1.165, 1.54) is 0 Å². The molecule has 3 amide bonds. The van der Waals surface area contributed by atoms with E-state index >= 15 is 0 Å². The van der Waals surface area contributed by atoms with Crippen LogP contribution in [0, 0.1) is 18.8 Å². The maximum absolute atomic E-state index is 13.4. The Balaban J connectivity index is 2.06. The van der Waals surface area contributed by atoms with Gasteiger partial charge in [-0.1, -0.05) is 55.8 Å². The number of aliphatic imine (C=N–C) groups is 1. The zero-order valence-corrected chi connectivity index (χ0v) is 23.2. The van der Waals surface area contributed by atoms with Crippen LogP contribution in [0.15, 0.2) is 47.5 Å². The summed E-state index contributed by atoms with van der Waals surface area (Å²) in [5.41, 5.74) is 8.75. The normalized spacial score (nSPS) is 17.0. The van der Waals surface area contributed by atoms with Crippen molar-refractivity contribution in [2.24, 2.45) is 22.6 Å². The molecule has 0 radical (unpaired) electrons. The number of benzodiazepines with no additional fused rings is 1. The molecule has 228 valence electrons. The van der Waals surface area contributed by atoms with Crippen molar-refractivity contribution in [1.82, 2.24) is 5.32 Å². The number of aryl methyl sites for hydroxylation is 1. The van der Waals surface area contributed by atoms with Crippen LogP contribution in [0.25, 0.3) is 0 Å². The minimum atomic E-state index is -4.77. The Kier molecular flexibility index (Phi) is 10.1. The lowest BCUT2D eigenvalue weighted by atomic mass is 9.83. The van der Waals surface area contributed by atoms with Crippen LogP contribution in [0.5, 0.6) is 0 Å². The molecule has 3 rings (SSSR count). The maximum Gasteiger partial charge on any atom is 0.389 e. The molecule has 3 atom stereocenters. The lowest BCUT2D eigenvalue weighted by Gasteiger charge is -2.26. The molecule has 4 N–H and O–H groups in total. The number of hydrogen-bond donors (Lipinski definition) is 3. The third-order valence-electron chi connectivity index (χ3n) is 6.96. The van der Waals surface area contributed by atoms with Crippen LogP contribution in [-0.4, -0.2) is 42.0 Å². The van der Waals surface area contributed by atoms with E-state index in [1.807, 2.05) is 32.9 Å². The van der Waals surface area contributed by atoms with Crippen molar-refractivity contribution >= 4 is 29.1 Å². The fourth-order valence-electron chi connectivity index (χ4n) is 4.89. The first-order valence-electron chi connectivity index (χ1n) is 13.3. The first kappa shape index (κ1) is 32.6. The van der Waals surface area contributed by atoms with Crippen LogP contribution >= 0.6 is 0 Å². The molecule has 0 aromatic heterocycles. The second kappa shape index (κ2) is 13.0. The van der Waals surface area contributed by atoms with Crippen molar-refractivity contribution in [3.05, 3.63) is 64.7 Å². The van der Waals surface area contributed by atoms with Crippen LogP contribution in [0.3, 0.4) is 0 Å². The average molecular weight is 599 g/mol. The van der Waals surface area contributed by atoms with Gasteiger partial charge in [-0.3, -0.25) is 14.4 Å². The summed E-state index contributed by atoms with van der Waals surface area (Å²) < 4.78 is 78.1. The number of hydrogen-bond acceptors (Lipinski definition) is 4. The van der Waals surface area contributed by atoms with Gasteiger partial charge in [-0.2, -0.15) is 26.3 Å². The van der Waals surface area contributed by atoms with Crippen LogP contribution in [-0.2, 0) is 14.4 Å². The Labute approximate surface area is 238 Å². The molecular formula is C29H32F6N4O3. The highest BCUT2D eigenvalue weighted by molar-refractivity contribution is 6.20. The summed E-state index contributed by atoms with van der Waals surface area (Å²) in [7, 11) is 0. The van der Waals surface area contributed by atoms with Crippen molar-refractivity contribution in [1.29, 1.82) is 0 Å². The topological polar surface area (TPSA) is 114 Å². The number of para-hydroxylation sites is 1. The van der Waals surface area contributed by atoms with Gasteiger partial charge in [0, 0.05) is 35.8 Å². The molecule has 2 unspecified atom stereocenters. The van der Waals surface area contributed by atoms with Gasteiger partial charge in [0.1, 0.15) is 0 Å². The van der Waals surface area contributed by atoms with E-state index < -0.39 is 73.8 Å². The molecule has 7 nitrogen and oxygen atoms in total. The lowest BCUT2D eigenvalue weighted by molar-refractivity contribution is -0.152. The van der Waals surface area contributed by atoms with Crippen molar-refractivity contribution in [2.45, 2.75) is 70.9 Å². The first-order valence-corrected chi connectivity index (χ1v) is 13.3. The van der Waals surface area contributed by atoms with Crippen LogP contribution in [0.1, 0.15) is 67.7 Å². The summed E-state index contributed by atoms with van der Waals surface area (Å²) in [6.07, 6.45) is -16.3. The van der Waals surface area contributed by atoms with E-state index in [1.54, 1.807) is 30.3 Å². The Morgan fingerprint density at radius 2 is 1.57 bits per heavy atom. The number of fused-ring (bicyclic) bond motifs is 1. The van der Waals surface area contributed by atoms with Gasteiger partial charge in [0.05, 0.1) is 11.4 Å². The molecule has 0 saturated carbocycles. The molecule has 1 heterocycles. The number of nitrogens with zero attached hydrogens (tertiary/aromatic N) is 1. The highest BCUT2D eigenvalue weighted by Crippen LogP contribution is 2.34. The number of nitrogens with two attached hydrogens (primary N) is 1. The second-order valence-electron chi connectivity index (χ2n) is 10.6. The highest BCUT2D eigenvalue weighted by atomic mass is 19.4. The summed E-state index contributed by atoms with van der Waals surface area (Å²) >= 11 is 0. The Hall–Kier alpha value is -3.90. The van der Waals surface area contributed by atoms with Crippen molar-refractivity contribution in [3.8, 4) is 0 Å². The molecule has 2 aromatic carbocycles. The van der Waals surface area contributed by atoms with E-state index in [0.29, 0.717) is 22.5 Å². The monoisotopic (exact) mass is 598 g/mol.